The van der Waals surface area contributed by atoms with Gasteiger partial charge in [-0.1, -0.05) is 11.6 Å². The highest BCUT2D eigenvalue weighted by Crippen LogP contribution is 2.22. The minimum absolute atomic E-state index is 0. The molecule has 0 bridgehead atoms. The molecule has 0 aliphatic rings. The monoisotopic (exact) mass is 341 g/mol. The van der Waals surface area contributed by atoms with E-state index in [1.165, 1.54) is 6.07 Å². The summed E-state index contributed by atoms with van der Waals surface area (Å²) in [4.78, 5) is 34.3. The van der Waals surface area contributed by atoms with E-state index in [0.29, 0.717) is 9.21 Å². The Kier molecular flexibility index (Phi) is 8.40. The zero-order valence-corrected chi connectivity index (χ0v) is 12.8. The highest BCUT2D eigenvalue weighted by Gasteiger charge is 2.23. The van der Waals surface area contributed by atoms with E-state index in [2.05, 4.69) is 9.47 Å². The van der Waals surface area contributed by atoms with E-state index in [0.717, 1.165) is 11.3 Å². The van der Waals surface area contributed by atoms with E-state index >= 15 is 0 Å². The van der Waals surface area contributed by atoms with Gasteiger partial charge in [0.15, 0.2) is 5.78 Å². The Hall–Kier alpha value is -1.15. The number of Topliss-reactive ketones (excluding diaryl/α,β-unsaturated/α-hetero) is 1. The first-order valence-electron chi connectivity index (χ1n) is 5.36. The van der Waals surface area contributed by atoms with Gasteiger partial charge in [0.1, 0.15) is 0 Å². The van der Waals surface area contributed by atoms with Gasteiger partial charge in [-0.25, -0.2) is 4.79 Å². The highest BCUT2D eigenvalue weighted by molar-refractivity contribution is 7.18. The van der Waals surface area contributed by atoms with Crippen molar-refractivity contribution in [1.29, 1.82) is 0 Å². The van der Waals surface area contributed by atoms with Gasteiger partial charge in [0.05, 0.1) is 28.3 Å². The Labute approximate surface area is 130 Å². The van der Waals surface area contributed by atoms with Crippen LogP contribution < -0.4 is 5.73 Å². The minimum Gasteiger partial charge on any atom is -0.434 e. The van der Waals surface area contributed by atoms with Crippen molar-refractivity contribution in [3.05, 3.63) is 21.3 Å². The first-order valence-corrected chi connectivity index (χ1v) is 6.56. The van der Waals surface area contributed by atoms with Gasteiger partial charge in [-0.3, -0.25) is 9.59 Å². The fourth-order valence-electron chi connectivity index (χ4n) is 1.18. The smallest absolute Gasteiger partial charge is 0.434 e. The van der Waals surface area contributed by atoms with Gasteiger partial charge in [0.25, 0.3) is 0 Å². The quantitative estimate of drug-likeness (QED) is 0.502. The van der Waals surface area contributed by atoms with Crippen LogP contribution in [0.25, 0.3) is 0 Å². The summed E-state index contributed by atoms with van der Waals surface area (Å²) in [6.45, 7) is 1.66. The number of nitrogens with two attached hydrogens (primary N) is 1. The van der Waals surface area contributed by atoms with Gasteiger partial charge in [-0.05, 0) is 19.1 Å². The van der Waals surface area contributed by atoms with E-state index < -0.39 is 30.4 Å². The van der Waals surface area contributed by atoms with E-state index in [4.69, 9.17) is 17.3 Å². The zero-order valence-electron chi connectivity index (χ0n) is 10.5. The summed E-state index contributed by atoms with van der Waals surface area (Å²) in [5, 5.41) is 0. The molecule has 6 nitrogen and oxygen atoms in total. The molecule has 0 fully saturated rings. The first kappa shape index (κ1) is 18.9. The van der Waals surface area contributed by atoms with Gasteiger partial charge in [0, 0.05) is 0 Å². The minimum atomic E-state index is -1.11. The van der Waals surface area contributed by atoms with Crippen LogP contribution in [0.1, 0.15) is 23.0 Å². The zero-order chi connectivity index (χ0) is 14.4. The van der Waals surface area contributed by atoms with Crippen LogP contribution in [0.5, 0.6) is 0 Å². The summed E-state index contributed by atoms with van der Waals surface area (Å²) in [6, 6.07) is 1.99. The molecule has 0 saturated heterocycles. The fourth-order valence-corrected chi connectivity index (χ4v) is 2.23. The standard InChI is InChI=1S/C11H12ClNO5S.ClH/c1-2-17-11(16)18-9(14)5-6(13)10(15)7-3-4-8(12)19-7;/h3-4,6H,2,5,13H2,1H3;1H. The highest BCUT2D eigenvalue weighted by atomic mass is 35.5. The van der Waals surface area contributed by atoms with Crippen molar-refractivity contribution in [2.45, 2.75) is 19.4 Å². The lowest BCUT2D eigenvalue weighted by molar-refractivity contribution is -0.139. The van der Waals surface area contributed by atoms with Crippen molar-refractivity contribution in [2.24, 2.45) is 5.73 Å². The number of hydrogen-bond donors (Lipinski definition) is 1. The van der Waals surface area contributed by atoms with Gasteiger partial charge in [0.2, 0.25) is 0 Å². The third-order valence-electron chi connectivity index (χ3n) is 2.00. The van der Waals surface area contributed by atoms with Crippen molar-refractivity contribution >= 4 is 53.3 Å². The number of ether oxygens (including phenoxy) is 2. The van der Waals surface area contributed by atoms with Gasteiger partial charge in [-0.2, -0.15) is 0 Å². The van der Waals surface area contributed by atoms with Gasteiger partial charge in [-0.15, -0.1) is 23.7 Å². The summed E-state index contributed by atoms with van der Waals surface area (Å²) in [5.41, 5.74) is 5.57. The van der Waals surface area contributed by atoms with Crippen LogP contribution in [0.15, 0.2) is 12.1 Å². The molecule has 1 atom stereocenters. The second-order valence-electron chi connectivity index (χ2n) is 3.44. The average molecular weight is 342 g/mol. The number of thiophene rings is 1. The van der Waals surface area contributed by atoms with Crippen molar-refractivity contribution < 1.29 is 23.9 Å². The van der Waals surface area contributed by atoms with E-state index in [-0.39, 0.29) is 19.0 Å². The van der Waals surface area contributed by atoms with Crippen molar-refractivity contribution in [1.82, 2.24) is 0 Å². The average Bonchev–Trinajstić information content (AvgIpc) is 2.74. The lowest BCUT2D eigenvalue weighted by Crippen LogP contribution is -2.33. The second-order valence-corrected chi connectivity index (χ2v) is 5.15. The van der Waals surface area contributed by atoms with Crippen LogP contribution in [0.4, 0.5) is 4.79 Å². The Morgan fingerprint density at radius 1 is 1.40 bits per heavy atom. The summed E-state index contributed by atoms with van der Waals surface area (Å²) in [5.74, 6) is -1.35. The Bertz CT molecular complexity index is 491. The molecule has 112 valence electrons. The van der Waals surface area contributed by atoms with E-state index in [9.17, 15) is 14.4 Å². The number of ketones is 1. The number of hydrogen-bond acceptors (Lipinski definition) is 7. The number of carbonyl (C=O) groups is 3. The molecule has 0 radical (unpaired) electrons. The maximum atomic E-state index is 11.8. The Morgan fingerprint density at radius 3 is 2.55 bits per heavy atom. The summed E-state index contributed by atoms with van der Waals surface area (Å²) in [7, 11) is 0. The predicted molar refractivity (Wildman–Crippen MR) is 76.6 cm³/mol. The normalized spacial score (nSPS) is 11.2. The summed E-state index contributed by atoms with van der Waals surface area (Å²) >= 11 is 6.76. The molecule has 20 heavy (non-hydrogen) atoms. The molecular weight excluding hydrogens is 329 g/mol. The molecule has 1 heterocycles. The van der Waals surface area contributed by atoms with Crippen LogP contribution in [-0.4, -0.2) is 30.6 Å². The Balaban J connectivity index is 0.00000361. The molecule has 0 aliphatic heterocycles. The molecule has 1 unspecified atom stereocenters. The number of carbonyl (C=O) groups excluding carboxylic acids is 3. The van der Waals surface area contributed by atoms with Crippen molar-refractivity contribution in [3.8, 4) is 0 Å². The van der Waals surface area contributed by atoms with Crippen LogP contribution >= 0.6 is 35.3 Å². The molecule has 2 N–H and O–H groups in total. The largest absolute Gasteiger partial charge is 0.516 e. The molecule has 0 spiro atoms. The van der Waals surface area contributed by atoms with Gasteiger partial charge < -0.3 is 15.2 Å². The summed E-state index contributed by atoms with van der Waals surface area (Å²) < 4.78 is 9.17. The number of halogens is 2. The molecular formula is C11H13Cl2NO5S. The molecule has 0 aliphatic carbocycles. The lowest BCUT2D eigenvalue weighted by Gasteiger charge is -2.08. The third-order valence-corrected chi connectivity index (χ3v) is 3.24. The second kappa shape index (κ2) is 8.91. The molecule has 9 heteroatoms. The molecule has 1 aromatic heterocycles. The van der Waals surface area contributed by atoms with E-state index in [1.807, 2.05) is 0 Å². The molecule has 0 amide bonds. The molecule has 0 aromatic carbocycles. The molecule has 0 saturated carbocycles. The number of rotatable bonds is 5. The third kappa shape index (κ3) is 5.87. The maximum absolute atomic E-state index is 11.8. The maximum Gasteiger partial charge on any atom is 0.516 e. The predicted octanol–water partition coefficient (Wildman–Crippen LogP) is 2.42. The van der Waals surface area contributed by atoms with Crippen LogP contribution in [0.3, 0.4) is 0 Å². The SMILES string of the molecule is CCOC(=O)OC(=O)CC(N)C(=O)c1ccc(Cl)s1.Cl. The van der Waals surface area contributed by atoms with Crippen LogP contribution in [0, 0.1) is 0 Å². The molecule has 1 aromatic rings. The van der Waals surface area contributed by atoms with E-state index in [1.54, 1.807) is 13.0 Å². The fraction of sp³-hybridized carbons (Fsp3) is 0.364. The van der Waals surface area contributed by atoms with Crippen molar-refractivity contribution in [2.75, 3.05) is 6.61 Å². The van der Waals surface area contributed by atoms with Gasteiger partial charge >= 0.3 is 12.1 Å². The number of esters is 1. The molecule has 1 rings (SSSR count). The lowest BCUT2D eigenvalue weighted by atomic mass is 10.1. The Morgan fingerprint density at radius 2 is 2.05 bits per heavy atom. The topological polar surface area (TPSA) is 95.7 Å². The summed E-state index contributed by atoms with van der Waals surface area (Å²) in [6.07, 6.45) is -1.51. The van der Waals surface area contributed by atoms with Crippen LogP contribution in [0.2, 0.25) is 4.34 Å². The van der Waals surface area contributed by atoms with Crippen LogP contribution in [-0.2, 0) is 14.3 Å². The van der Waals surface area contributed by atoms with Crippen molar-refractivity contribution in [3.63, 3.8) is 0 Å². The first-order chi connectivity index (χ1) is 8.93.